The molecular weight excluding hydrogens is 321 g/mol. The van der Waals surface area contributed by atoms with E-state index in [2.05, 4.69) is 4.98 Å². The van der Waals surface area contributed by atoms with Crippen LogP contribution in [0, 0.1) is 13.8 Å². The van der Waals surface area contributed by atoms with Gasteiger partial charge < -0.3 is 5.11 Å². The van der Waals surface area contributed by atoms with Gasteiger partial charge in [-0.2, -0.15) is 13.2 Å². The maximum atomic E-state index is 13.0. The van der Waals surface area contributed by atoms with Crippen molar-refractivity contribution in [2.75, 3.05) is 0 Å². The van der Waals surface area contributed by atoms with Crippen LogP contribution in [0.5, 0.6) is 0 Å². The second-order valence-corrected chi connectivity index (χ2v) is 5.45. The van der Waals surface area contributed by atoms with E-state index in [9.17, 15) is 23.1 Å². The first-order valence-electron chi connectivity index (χ1n) is 7.09. The number of rotatable bonds is 2. The Morgan fingerprint density at radius 1 is 1.17 bits per heavy atom. The monoisotopic (exact) mass is 334 g/mol. The van der Waals surface area contributed by atoms with Crippen molar-refractivity contribution in [1.29, 1.82) is 0 Å². The van der Waals surface area contributed by atoms with E-state index in [0.29, 0.717) is 22.6 Å². The number of aromatic carboxylic acids is 1. The summed E-state index contributed by atoms with van der Waals surface area (Å²) in [6.45, 7) is 3.29. The summed E-state index contributed by atoms with van der Waals surface area (Å²) in [5, 5.41) is 9.25. The van der Waals surface area contributed by atoms with Crippen LogP contribution in [-0.4, -0.2) is 20.6 Å². The molecule has 0 atom stereocenters. The Bertz CT molecular complexity index is 958. The third-order valence-corrected chi connectivity index (χ3v) is 3.93. The fourth-order valence-electron chi connectivity index (χ4n) is 2.77. The Morgan fingerprint density at radius 3 is 2.50 bits per heavy atom. The molecule has 7 heteroatoms. The van der Waals surface area contributed by atoms with Crippen LogP contribution in [0.4, 0.5) is 13.2 Å². The zero-order valence-corrected chi connectivity index (χ0v) is 12.8. The normalized spacial score (nSPS) is 11.9. The van der Waals surface area contributed by atoms with Crippen LogP contribution in [0.1, 0.15) is 27.3 Å². The van der Waals surface area contributed by atoms with E-state index in [1.165, 1.54) is 12.1 Å². The highest BCUT2D eigenvalue weighted by Gasteiger charge is 2.31. The lowest BCUT2D eigenvalue weighted by Gasteiger charge is -2.13. The number of aryl methyl sites for hydroxylation is 1. The van der Waals surface area contributed by atoms with Gasteiger partial charge >= 0.3 is 12.1 Å². The van der Waals surface area contributed by atoms with Gasteiger partial charge in [-0.25, -0.2) is 9.78 Å². The zero-order chi connectivity index (χ0) is 17.6. The number of aromatic nitrogens is 2. The molecule has 0 saturated heterocycles. The molecule has 0 spiro atoms. The highest BCUT2D eigenvalue weighted by molar-refractivity contribution is 5.91. The lowest BCUT2D eigenvalue weighted by molar-refractivity contribution is -0.137. The van der Waals surface area contributed by atoms with Gasteiger partial charge in [0.15, 0.2) is 0 Å². The van der Waals surface area contributed by atoms with E-state index < -0.39 is 17.7 Å². The van der Waals surface area contributed by atoms with Gasteiger partial charge in [0.05, 0.1) is 27.8 Å². The quantitative estimate of drug-likeness (QED) is 0.757. The van der Waals surface area contributed by atoms with Crippen LogP contribution in [0.15, 0.2) is 36.4 Å². The fourth-order valence-corrected chi connectivity index (χ4v) is 2.77. The number of benzene rings is 2. The minimum atomic E-state index is -4.46. The second kappa shape index (κ2) is 5.36. The lowest BCUT2D eigenvalue weighted by atomic mass is 10.1. The summed E-state index contributed by atoms with van der Waals surface area (Å²) in [6, 6.07) is 8.01. The summed E-state index contributed by atoms with van der Waals surface area (Å²) in [7, 11) is 0. The number of alkyl halides is 3. The molecule has 1 N–H and O–H groups in total. The van der Waals surface area contributed by atoms with Crippen LogP contribution in [0.3, 0.4) is 0 Å². The van der Waals surface area contributed by atoms with Crippen molar-refractivity contribution < 1.29 is 23.1 Å². The second-order valence-electron chi connectivity index (χ2n) is 5.45. The minimum Gasteiger partial charge on any atom is -0.478 e. The van der Waals surface area contributed by atoms with Crippen LogP contribution >= 0.6 is 0 Å². The average molecular weight is 334 g/mol. The molecule has 124 valence electrons. The number of carbonyl (C=O) groups is 1. The van der Waals surface area contributed by atoms with Crippen LogP contribution in [0.2, 0.25) is 0 Å². The Hall–Kier alpha value is -2.83. The number of imidazole rings is 1. The van der Waals surface area contributed by atoms with Gasteiger partial charge in [-0.05, 0) is 49.7 Å². The number of halogens is 3. The van der Waals surface area contributed by atoms with Crippen LogP contribution in [0.25, 0.3) is 16.7 Å². The Morgan fingerprint density at radius 2 is 1.88 bits per heavy atom. The average Bonchev–Trinajstić information content (AvgIpc) is 2.81. The van der Waals surface area contributed by atoms with E-state index >= 15 is 0 Å². The van der Waals surface area contributed by atoms with Gasteiger partial charge in [0.25, 0.3) is 0 Å². The summed E-state index contributed by atoms with van der Waals surface area (Å²) in [4.78, 5) is 15.6. The number of fused-ring (bicyclic) bond motifs is 1. The molecule has 0 saturated carbocycles. The molecule has 0 bridgehead atoms. The van der Waals surface area contributed by atoms with Crippen molar-refractivity contribution in [3.05, 3.63) is 58.9 Å². The molecule has 0 aliphatic heterocycles. The number of carboxylic acid groups (broad SMARTS) is 1. The molecule has 0 fully saturated rings. The molecule has 3 aromatic rings. The van der Waals surface area contributed by atoms with E-state index in [1.54, 1.807) is 30.5 Å². The number of hydrogen-bond acceptors (Lipinski definition) is 2. The molecule has 1 heterocycles. The molecule has 0 amide bonds. The first-order valence-corrected chi connectivity index (χ1v) is 7.09. The number of carboxylic acids is 1. The van der Waals surface area contributed by atoms with Crippen molar-refractivity contribution >= 4 is 17.0 Å². The van der Waals surface area contributed by atoms with Crippen molar-refractivity contribution in [3.63, 3.8) is 0 Å². The highest BCUT2D eigenvalue weighted by atomic mass is 19.4. The van der Waals surface area contributed by atoms with E-state index in [0.717, 1.165) is 12.1 Å². The summed E-state index contributed by atoms with van der Waals surface area (Å²) in [6.07, 6.45) is -4.46. The predicted molar refractivity (Wildman–Crippen MR) is 82.5 cm³/mol. The van der Waals surface area contributed by atoms with Gasteiger partial charge in [-0.1, -0.05) is 6.07 Å². The first-order chi connectivity index (χ1) is 11.2. The predicted octanol–water partition coefficient (Wildman–Crippen LogP) is 4.36. The lowest BCUT2D eigenvalue weighted by Crippen LogP contribution is -2.07. The third-order valence-electron chi connectivity index (χ3n) is 3.93. The summed E-state index contributed by atoms with van der Waals surface area (Å²) >= 11 is 0. The summed E-state index contributed by atoms with van der Waals surface area (Å²) in [5.41, 5.74) is 0.983. The summed E-state index contributed by atoms with van der Waals surface area (Å²) in [5.74, 6) is -0.609. The van der Waals surface area contributed by atoms with Crippen molar-refractivity contribution in [2.45, 2.75) is 20.0 Å². The molecule has 0 aliphatic rings. The number of hydrogen-bond donors (Lipinski definition) is 1. The van der Waals surface area contributed by atoms with Crippen molar-refractivity contribution in [3.8, 4) is 5.69 Å². The van der Waals surface area contributed by atoms with Crippen molar-refractivity contribution in [1.82, 2.24) is 9.55 Å². The maximum absolute atomic E-state index is 13.0. The van der Waals surface area contributed by atoms with Gasteiger partial charge in [0.2, 0.25) is 0 Å². The van der Waals surface area contributed by atoms with Gasteiger partial charge in [0, 0.05) is 0 Å². The largest absolute Gasteiger partial charge is 0.478 e. The first kappa shape index (κ1) is 16.0. The molecule has 24 heavy (non-hydrogen) atoms. The molecule has 0 radical (unpaired) electrons. The minimum absolute atomic E-state index is 0.0979. The zero-order valence-electron chi connectivity index (χ0n) is 12.8. The van der Waals surface area contributed by atoms with E-state index in [-0.39, 0.29) is 11.1 Å². The Kier molecular flexibility index (Phi) is 3.59. The van der Waals surface area contributed by atoms with Crippen LogP contribution < -0.4 is 0 Å². The summed E-state index contributed by atoms with van der Waals surface area (Å²) < 4.78 is 40.5. The smallest absolute Gasteiger partial charge is 0.416 e. The Balaban J connectivity index is 2.32. The molecular formula is C17H13F3N2O2. The molecule has 3 rings (SSSR count). The number of nitrogens with zero attached hydrogens (tertiary/aromatic N) is 2. The standard InChI is InChI=1S/C17H13F3N2O2/c1-9-12(16(23)24)4-3-5-14(9)22-10(2)21-13-7-6-11(8-15(13)22)17(18,19)20/h3-8H,1-2H3,(H,23,24). The Labute approximate surface area is 135 Å². The van der Waals surface area contributed by atoms with Gasteiger partial charge in [0.1, 0.15) is 5.82 Å². The van der Waals surface area contributed by atoms with Crippen LogP contribution in [-0.2, 0) is 6.18 Å². The third kappa shape index (κ3) is 2.51. The van der Waals surface area contributed by atoms with Gasteiger partial charge in [-0.3, -0.25) is 4.57 Å². The van der Waals surface area contributed by atoms with Crippen molar-refractivity contribution in [2.24, 2.45) is 0 Å². The molecule has 1 aromatic heterocycles. The van der Waals surface area contributed by atoms with E-state index in [4.69, 9.17) is 0 Å². The fraction of sp³-hybridized carbons (Fsp3) is 0.176. The molecule has 2 aromatic carbocycles. The molecule has 0 aliphatic carbocycles. The topological polar surface area (TPSA) is 55.1 Å². The maximum Gasteiger partial charge on any atom is 0.416 e. The highest BCUT2D eigenvalue weighted by Crippen LogP contribution is 2.33. The van der Waals surface area contributed by atoms with Gasteiger partial charge in [-0.15, -0.1) is 0 Å². The van der Waals surface area contributed by atoms with E-state index in [1.807, 2.05) is 0 Å². The molecule has 0 unspecified atom stereocenters. The SMILES string of the molecule is Cc1c(C(=O)O)cccc1-n1c(C)nc2ccc(C(F)(F)F)cc21. The molecule has 4 nitrogen and oxygen atoms in total.